The molecule has 0 unspecified atom stereocenters. The van der Waals surface area contributed by atoms with E-state index in [-0.39, 0.29) is 42.4 Å². The molecule has 0 atom stereocenters. The van der Waals surface area contributed by atoms with Crippen LogP contribution in [0.15, 0.2) is 0 Å². The summed E-state index contributed by atoms with van der Waals surface area (Å²) in [6.07, 6.45) is 0. The van der Waals surface area contributed by atoms with Gasteiger partial charge in [0, 0.05) is 0 Å². The van der Waals surface area contributed by atoms with Gasteiger partial charge in [0.2, 0.25) is 0 Å². The summed E-state index contributed by atoms with van der Waals surface area (Å²) in [5, 5.41) is 0. The molecule has 0 saturated heterocycles. The van der Waals surface area contributed by atoms with Gasteiger partial charge in [0.25, 0.3) is 0 Å². The summed E-state index contributed by atoms with van der Waals surface area (Å²) in [6.45, 7) is 0. The molecule has 0 bridgehead atoms. The van der Waals surface area contributed by atoms with Crippen LogP contribution in [0.2, 0.25) is 0 Å². The maximum atomic E-state index is 9.50. The zero-order valence-electron chi connectivity index (χ0n) is 1.79. The fraction of sp³-hybridized carbons (Fsp3) is 0. The standard InChI is InChI=1S/Ca.2FH.Li.2H/h;2*1H;;;/q;;;+1;;/p-1. The monoisotopic (exact) mass is 88.0 g/mol. The van der Waals surface area contributed by atoms with Crippen LogP contribution in [-0.2, 0) is 0 Å². The average Bonchev–Trinajstić information content (AvgIpc) is 1.00. The van der Waals surface area contributed by atoms with E-state index in [1.165, 1.54) is 0 Å². The Balaban J connectivity index is -0.00000000500. The second kappa shape index (κ2) is 22.1. The molecule has 0 aromatic carbocycles. The van der Waals surface area contributed by atoms with Gasteiger partial charge in [-0.3, -0.25) is 4.70 Å². The summed E-state index contributed by atoms with van der Waals surface area (Å²) in [6, 6.07) is 0. The van der Waals surface area contributed by atoms with E-state index >= 15 is 0 Å². The van der Waals surface area contributed by atoms with E-state index in [0.717, 1.165) is 0 Å². The molecule has 0 aliphatic rings. The Labute approximate surface area is 63.3 Å². The van der Waals surface area contributed by atoms with Crippen molar-refractivity contribution < 1.29 is 8.08 Å². The Morgan fingerprint density at radius 2 is 1.25 bits per heavy atom. The molecule has 4 heavy (non-hydrogen) atoms. The van der Waals surface area contributed by atoms with Crippen molar-refractivity contribution in [3.63, 3.8) is 0 Å². The van der Waals surface area contributed by atoms with E-state index in [1.807, 2.05) is 0 Å². The third-order valence-corrected chi connectivity index (χ3v) is 0. The normalized spacial score (nSPS) is 1.75. The molecule has 0 spiro atoms. The first-order valence-electron chi connectivity index (χ1n) is 0.378. The summed E-state index contributed by atoms with van der Waals surface area (Å²) in [5.74, 6) is 0. The third kappa shape index (κ3) is 9.31. The van der Waals surface area contributed by atoms with Crippen molar-refractivity contribution in [3.05, 3.63) is 0 Å². The van der Waals surface area contributed by atoms with Gasteiger partial charge in [-0.15, -0.1) is 0 Å². The minimum atomic E-state index is 0. The number of hydrogen-bond donors (Lipinski definition) is 0. The molecule has 0 radical (unpaired) electrons. The van der Waals surface area contributed by atoms with E-state index in [1.54, 1.807) is 0 Å². The van der Waals surface area contributed by atoms with Crippen LogP contribution in [0, 0.1) is 0 Å². The molecule has 0 nitrogen and oxygen atoms in total. The summed E-state index contributed by atoms with van der Waals surface area (Å²) < 4.78 is 9.50. The van der Waals surface area contributed by atoms with Gasteiger partial charge < -0.3 is 0 Å². The van der Waals surface area contributed by atoms with Crippen molar-refractivity contribution >= 4 is 55.9 Å². The Morgan fingerprint density at radius 1 is 1.25 bits per heavy atom. The molecular formula is H3CaF2Li. The Hall–Kier alpha value is 1.72. The van der Waals surface area contributed by atoms with Crippen molar-refractivity contribution in [2.45, 2.75) is 0 Å². The molecule has 0 aromatic rings. The molecule has 0 amide bonds. The van der Waals surface area contributed by atoms with E-state index in [2.05, 4.69) is 0 Å². The molecular weight excluding hydrogens is 85.0 g/mol. The third-order valence-electron chi connectivity index (χ3n) is 0. The van der Waals surface area contributed by atoms with Crippen molar-refractivity contribution in [1.82, 2.24) is 0 Å². The van der Waals surface area contributed by atoms with E-state index < -0.39 is 0 Å². The van der Waals surface area contributed by atoms with Crippen molar-refractivity contribution in [2.75, 3.05) is 0 Å². The van der Waals surface area contributed by atoms with Crippen molar-refractivity contribution in [3.8, 4) is 0 Å². The fourth-order valence-electron chi connectivity index (χ4n) is 0. The fourth-order valence-corrected chi connectivity index (χ4v) is 0. The van der Waals surface area contributed by atoms with Gasteiger partial charge in [0.05, 0.1) is 0 Å². The minimum absolute atomic E-state index is 0. The van der Waals surface area contributed by atoms with Crippen LogP contribution in [0.1, 0.15) is 0 Å². The van der Waals surface area contributed by atoms with Gasteiger partial charge in [0.15, 0.2) is 0 Å². The van der Waals surface area contributed by atoms with Crippen LogP contribution >= 0.6 is 0 Å². The van der Waals surface area contributed by atoms with Gasteiger partial charge in [0.1, 0.15) is 0 Å². The van der Waals surface area contributed by atoms with Crippen LogP contribution in [0.5, 0.6) is 0 Å². The van der Waals surface area contributed by atoms with Gasteiger partial charge in [-0.1, -0.05) is 0 Å². The molecule has 0 heterocycles. The topological polar surface area (TPSA) is 0 Å². The summed E-state index contributed by atoms with van der Waals surface area (Å²) in [7, 11) is 0. The first-order chi connectivity index (χ1) is 1.00. The Kier molecular flexibility index (Phi) is 95.2. The Morgan fingerprint density at radius 3 is 1.25 bits per heavy atom. The maximum absolute atomic E-state index is 9.50. The molecule has 0 rings (SSSR count). The molecule has 0 saturated carbocycles. The van der Waals surface area contributed by atoms with Gasteiger partial charge in [-0.25, -0.2) is 0 Å². The first-order valence-corrected chi connectivity index (χ1v) is 0.378. The van der Waals surface area contributed by atoms with Crippen LogP contribution in [0.3, 0.4) is 0 Å². The molecule has 0 N–H and O–H groups in total. The van der Waals surface area contributed by atoms with Gasteiger partial charge >= 0.3 is 59.3 Å². The molecule has 4 heteroatoms. The van der Waals surface area contributed by atoms with Crippen LogP contribution in [0.4, 0.5) is 8.08 Å². The second-order valence-electron chi connectivity index (χ2n) is 0. The Bertz CT molecular complexity index is 6.00. The van der Waals surface area contributed by atoms with Crippen molar-refractivity contribution in [1.29, 1.82) is 0 Å². The second-order valence-corrected chi connectivity index (χ2v) is 0. The summed E-state index contributed by atoms with van der Waals surface area (Å²) in [4.78, 5) is 0. The molecule has 0 aliphatic heterocycles. The molecule has 0 aromatic heterocycles. The van der Waals surface area contributed by atoms with Gasteiger partial charge in [-0.2, -0.15) is 0 Å². The number of hydrogen-bond acceptors (Lipinski definition) is 0. The van der Waals surface area contributed by atoms with Crippen LogP contribution in [0.25, 0.3) is 0 Å². The number of rotatable bonds is 0. The SMILES string of the molecule is F.[CaH2].[Li][F]. The number of halogens is 2. The van der Waals surface area contributed by atoms with E-state index in [9.17, 15) is 3.38 Å². The van der Waals surface area contributed by atoms with Crippen molar-refractivity contribution in [2.24, 2.45) is 0 Å². The quantitative estimate of drug-likeness (QED) is 0.343. The average molecular weight is 88.0 g/mol. The first kappa shape index (κ1) is 17.2. The summed E-state index contributed by atoms with van der Waals surface area (Å²) in [5.41, 5.74) is 0. The molecule has 0 fully saturated rings. The zero-order valence-corrected chi connectivity index (χ0v) is 1.79. The zero-order chi connectivity index (χ0) is 2.00. The van der Waals surface area contributed by atoms with Gasteiger partial charge in [-0.05, 0) is 0 Å². The van der Waals surface area contributed by atoms with E-state index in [0.29, 0.717) is 18.2 Å². The molecule has 20 valence electrons. The van der Waals surface area contributed by atoms with Crippen LogP contribution < -0.4 is 0 Å². The predicted molar refractivity (Wildman–Crippen MR) is 17.9 cm³/mol. The predicted octanol–water partition coefficient (Wildman–Crippen LogP) is -0.724. The van der Waals surface area contributed by atoms with Crippen LogP contribution in [-0.4, -0.2) is 55.9 Å². The molecule has 0 aliphatic carbocycles. The van der Waals surface area contributed by atoms with E-state index in [4.69, 9.17) is 0 Å². The summed E-state index contributed by atoms with van der Waals surface area (Å²) >= 11 is 0.500.